The molecule has 0 radical (unpaired) electrons. The van der Waals surface area contributed by atoms with Crippen molar-refractivity contribution >= 4 is 16.6 Å². The maximum Gasteiger partial charge on any atom is 0.275 e. The van der Waals surface area contributed by atoms with Gasteiger partial charge in [0, 0.05) is 28.7 Å². The van der Waals surface area contributed by atoms with E-state index in [0.717, 1.165) is 10.9 Å². The lowest BCUT2D eigenvalue weighted by Gasteiger charge is -2.10. The number of nitrogens with zero attached hydrogens (tertiary/aromatic N) is 1. The molecule has 5 heteroatoms. The molecule has 3 rings (SSSR count). The zero-order valence-corrected chi connectivity index (χ0v) is 10.5. The van der Waals surface area contributed by atoms with Gasteiger partial charge in [0.15, 0.2) is 0 Å². The highest BCUT2D eigenvalue weighted by atomic mass is 16.6. The van der Waals surface area contributed by atoms with Crippen molar-refractivity contribution < 1.29 is 10.0 Å². The molecular formula is C15H12N2O3. The normalized spacial score (nSPS) is 12.4. The van der Waals surface area contributed by atoms with E-state index in [4.69, 9.17) is 0 Å². The minimum atomic E-state index is -1.03. The molecule has 0 amide bonds. The summed E-state index contributed by atoms with van der Waals surface area (Å²) in [6, 6.07) is 13.8. The van der Waals surface area contributed by atoms with E-state index in [1.165, 1.54) is 6.07 Å². The Labute approximate surface area is 114 Å². The van der Waals surface area contributed by atoms with Crippen molar-refractivity contribution in [1.82, 2.24) is 4.98 Å². The molecule has 1 atom stereocenters. The monoisotopic (exact) mass is 268 g/mol. The zero-order chi connectivity index (χ0) is 14.1. The Bertz CT molecular complexity index is 779. The van der Waals surface area contributed by atoms with Crippen molar-refractivity contribution in [3.8, 4) is 0 Å². The Hall–Kier alpha value is -2.66. The fourth-order valence-corrected chi connectivity index (χ4v) is 2.37. The van der Waals surface area contributed by atoms with Crippen LogP contribution in [0.3, 0.4) is 0 Å². The molecule has 20 heavy (non-hydrogen) atoms. The summed E-state index contributed by atoms with van der Waals surface area (Å²) in [5, 5.41) is 22.4. The molecule has 0 aliphatic rings. The number of nitro groups is 1. The topological polar surface area (TPSA) is 79.2 Å². The minimum absolute atomic E-state index is 0.0784. The van der Waals surface area contributed by atoms with Gasteiger partial charge in [0.05, 0.1) is 10.5 Å². The van der Waals surface area contributed by atoms with Gasteiger partial charge in [-0.2, -0.15) is 0 Å². The summed E-state index contributed by atoms with van der Waals surface area (Å²) in [5.41, 5.74) is 1.74. The molecule has 0 saturated carbocycles. The van der Waals surface area contributed by atoms with Crippen LogP contribution in [0.15, 0.2) is 54.7 Å². The third-order valence-electron chi connectivity index (χ3n) is 3.34. The van der Waals surface area contributed by atoms with E-state index in [1.807, 2.05) is 24.3 Å². The van der Waals surface area contributed by atoms with Crippen molar-refractivity contribution in [3.63, 3.8) is 0 Å². The van der Waals surface area contributed by atoms with Crippen molar-refractivity contribution in [3.05, 3.63) is 76.0 Å². The number of hydrogen-bond donors (Lipinski definition) is 2. The fraction of sp³-hybridized carbons (Fsp3) is 0.0667. The molecule has 2 N–H and O–H groups in total. The third-order valence-corrected chi connectivity index (χ3v) is 3.34. The maximum atomic E-state index is 11.0. The van der Waals surface area contributed by atoms with Crippen molar-refractivity contribution in [1.29, 1.82) is 0 Å². The van der Waals surface area contributed by atoms with Gasteiger partial charge < -0.3 is 10.1 Å². The molecule has 0 saturated heterocycles. The summed E-state index contributed by atoms with van der Waals surface area (Å²) in [7, 11) is 0. The van der Waals surface area contributed by atoms with Gasteiger partial charge in [0.2, 0.25) is 0 Å². The molecule has 1 heterocycles. The lowest BCUT2D eigenvalue weighted by Crippen LogP contribution is -2.03. The smallest absolute Gasteiger partial charge is 0.275 e. The van der Waals surface area contributed by atoms with E-state index in [-0.39, 0.29) is 5.69 Å². The highest BCUT2D eigenvalue weighted by molar-refractivity contribution is 5.84. The summed E-state index contributed by atoms with van der Waals surface area (Å²) in [4.78, 5) is 13.6. The van der Waals surface area contributed by atoms with Gasteiger partial charge >= 0.3 is 0 Å². The molecule has 0 unspecified atom stereocenters. The number of aliphatic hydroxyl groups is 1. The second-order valence-corrected chi connectivity index (χ2v) is 4.51. The summed E-state index contributed by atoms with van der Waals surface area (Å²) in [5.74, 6) is 0. The van der Waals surface area contributed by atoms with Crippen molar-refractivity contribution in [2.45, 2.75) is 6.10 Å². The van der Waals surface area contributed by atoms with Gasteiger partial charge in [-0.25, -0.2) is 0 Å². The van der Waals surface area contributed by atoms with Gasteiger partial charge in [-0.15, -0.1) is 0 Å². The van der Waals surface area contributed by atoms with E-state index in [9.17, 15) is 15.2 Å². The Morgan fingerprint density at radius 2 is 1.75 bits per heavy atom. The summed E-state index contributed by atoms with van der Waals surface area (Å²) < 4.78 is 0. The molecule has 0 aliphatic heterocycles. The van der Waals surface area contributed by atoms with Crippen LogP contribution in [0.1, 0.15) is 17.2 Å². The lowest BCUT2D eigenvalue weighted by molar-refractivity contribution is -0.386. The molecule has 1 aromatic heterocycles. The maximum absolute atomic E-state index is 11.0. The predicted molar refractivity (Wildman–Crippen MR) is 75.5 cm³/mol. The lowest BCUT2D eigenvalue weighted by atomic mass is 9.99. The number of fused-ring (bicyclic) bond motifs is 1. The first-order valence-corrected chi connectivity index (χ1v) is 6.16. The Morgan fingerprint density at radius 1 is 1.05 bits per heavy atom. The minimum Gasteiger partial charge on any atom is -0.383 e. The standard InChI is InChI=1S/C15H12N2O3/c18-15(11-6-2-4-8-14(11)17(19)20)12-9-16-13-7-3-1-5-10(12)13/h1-9,15-16,18H/t15-/m1/s1. The van der Waals surface area contributed by atoms with Crippen molar-refractivity contribution in [2.24, 2.45) is 0 Å². The van der Waals surface area contributed by atoms with Gasteiger partial charge in [-0.1, -0.05) is 30.3 Å². The molecule has 0 fully saturated rings. The van der Waals surface area contributed by atoms with Gasteiger partial charge in [0.25, 0.3) is 5.69 Å². The molecular weight excluding hydrogens is 256 g/mol. The van der Waals surface area contributed by atoms with Gasteiger partial charge in [0.1, 0.15) is 6.10 Å². The number of aliphatic hydroxyl groups excluding tert-OH is 1. The number of aromatic nitrogens is 1. The number of aromatic amines is 1. The van der Waals surface area contributed by atoms with Crippen LogP contribution in [0.2, 0.25) is 0 Å². The molecule has 2 aromatic carbocycles. The van der Waals surface area contributed by atoms with E-state index < -0.39 is 11.0 Å². The molecule has 0 bridgehead atoms. The number of nitro benzene ring substituents is 1. The van der Waals surface area contributed by atoms with Crippen LogP contribution in [0.5, 0.6) is 0 Å². The highest BCUT2D eigenvalue weighted by Crippen LogP contribution is 2.33. The van der Waals surface area contributed by atoms with Crippen LogP contribution in [-0.4, -0.2) is 15.0 Å². The van der Waals surface area contributed by atoms with Crippen LogP contribution in [0.25, 0.3) is 10.9 Å². The molecule has 3 aromatic rings. The van der Waals surface area contributed by atoms with Gasteiger partial charge in [-0.05, 0) is 12.1 Å². The van der Waals surface area contributed by atoms with Crippen LogP contribution in [0.4, 0.5) is 5.69 Å². The average molecular weight is 268 g/mol. The third kappa shape index (κ3) is 1.94. The molecule has 5 nitrogen and oxygen atoms in total. The Kier molecular flexibility index (Phi) is 2.96. The largest absolute Gasteiger partial charge is 0.383 e. The molecule has 0 aliphatic carbocycles. The van der Waals surface area contributed by atoms with E-state index in [2.05, 4.69) is 4.98 Å². The Balaban J connectivity index is 2.13. The van der Waals surface area contributed by atoms with E-state index in [0.29, 0.717) is 11.1 Å². The SMILES string of the molecule is O=[N+]([O-])c1ccccc1[C@@H](O)c1c[nH]c2ccccc12. The first-order valence-electron chi connectivity index (χ1n) is 6.16. The quantitative estimate of drug-likeness (QED) is 0.565. The zero-order valence-electron chi connectivity index (χ0n) is 10.5. The second kappa shape index (κ2) is 4.79. The number of rotatable bonds is 3. The number of nitrogens with one attached hydrogen (secondary N) is 1. The van der Waals surface area contributed by atoms with E-state index >= 15 is 0 Å². The average Bonchev–Trinajstić information content (AvgIpc) is 2.90. The summed E-state index contributed by atoms with van der Waals surface area (Å²) in [6.45, 7) is 0. The summed E-state index contributed by atoms with van der Waals surface area (Å²) >= 11 is 0. The van der Waals surface area contributed by atoms with Crippen LogP contribution < -0.4 is 0 Å². The number of hydrogen-bond acceptors (Lipinski definition) is 3. The number of benzene rings is 2. The fourth-order valence-electron chi connectivity index (χ4n) is 2.37. The predicted octanol–water partition coefficient (Wildman–Crippen LogP) is 3.16. The second-order valence-electron chi connectivity index (χ2n) is 4.51. The number of H-pyrrole nitrogens is 1. The van der Waals surface area contributed by atoms with Crippen LogP contribution >= 0.6 is 0 Å². The Morgan fingerprint density at radius 3 is 2.55 bits per heavy atom. The first-order chi connectivity index (χ1) is 9.68. The van der Waals surface area contributed by atoms with Gasteiger partial charge in [-0.3, -0.25) is 10.1 Å². The van der Waals surface area contributed by atoms with Crippen molar-refractivity contribution in [2.75, 3.05) is 0 Å². The summed E-state index contributed by atoms with van der Waals surface area (Å²) in [6.07, 6.45) is 0.652. The van der Waals surface area contributed by atoms with E-state index in [1.54, 1.807) is 24.4 Å². The molecule has 100 valence electrons. The van der Waals surface area contributed by atoms with Crippen LogP contribution in [0, 0.1) is 10.1 Å². The van der Waals surface area contributed by atoms with Crippen LogP contribution in [-0.2, 0) is 0 Å². The first kappa shape index (κ1) is 12.4. The highest BCUT2D eigenvalue weighted by Gasteiger charge is 2.23. The number of para-hydroxylation sites is 2. The molecule has 0 spiro atoms.